The van der Waals surface area contributed by atoms with Crippen LogP contribution in [0.5, 0.6) is 5.75 Å². The average Bonchev–Trinajstić information content (AvgIpc) is 2.66. The third-order valence-electron chi connectivity index (χ3n) is 3.83. The lowest BCUT2D eigenvalue weighted by Crippen LogP contribution is -2.20. The van der Waals surface area contributed by atoms with Crippen molar-refractivity contribution < 1.29 is 9.53 Å². The second-order valence-corrected chi connectivity index (χ2v) is 7.01. The van der Waals surface area contributed by atoms with Gasteiger partial charge >= 0.3 is 0 Å². The third-order valence-corrected chi connectivity index (χ3v) is 4.94. The number of nitrogens with one attached hydrogen (secondary N) is 1. The molecular weight excluding hydrogens is 376 g/mol. The lowest BCUT2D eigenvalue weighted by molar-refractivity contribution is -0.115. The summed E-state index contributed by atoms with van der Waals surface area (Å²) in [5.74, 6) is 0.326. The smallest absolute Gasteiger partial charge is 0.242 e. The molecule has 1 amide bonds. The predicted molar refractivity (Wildman–Crippen MR) is 110 cm³/mol. The number of aryl methyl sites for hydroxylation is 1. The van der Waals surface area contributed by atoms with Crippen LogP contribution in [0.3, 0.4) is 0 Å². The van der Waals surface area contributed by atoms with Gasteiger partial charge in [0, 0.05) is 0 Å². The van der Waals surface area contributed by atoms with Crippen molar-refractivity contribution in [3.8, 4) is 5.75 Å². The molecule has 1 aromatic heterocycles. The topological polar surface area (TPSA) is 129 Å². The van der Waals surface area contributed by atoms with E-state index in [1.807, 2.05) is 55.5 Å². The first-order valence-corrected chi connectivity index (χ1v) is 9.28. The summed E-state index contributed by atoms with van der Waals surface area (Å²) < 4.78 is 5.35. The van der Waals surface area contributed by atoms with Crippen LogP contribution in [0.4, 0.5) is 17.6 Å². The molecule has 0 saturated heterocycles. The molecule has 1 unspecified atom stereocenters. The SMILES string of the molecule is COc1ccc(C)cc1NC(=O)C(Sc1nc(N)nc(N)n1)c1ccccc1. The molecule has 3 aromatic rings. The van der Waals surface area contributed by atoms with Gasteiger partial charge in [0.2, 0.25) is 17.8 Å². The Bertz CT molecular complexity index is 963. The Morgan fingerprint density at radius 1 is 1.07 bits per heavy atom. The number of carbonyl (C=O) groups excluding carboxylic acids is 1. The van der Waals surface area contributed by atoms with Crippen LogP contribution in [0, 0.1) is 6.92 Å². The maximum Gasteiger partial charge on any atom is 0.242 e. The van der Waals surface area contributed by atoms with Gasteiger partial charge in [-0.15, -0.1) is 0 Å². The van der Waals surface area contributed by atoms with Crippen LogP contribution in [-0.4, -0.2) is 28.0 Å². The van der Waals surface area contributed by atoms with E-state index in [1.54, 1.807) is 7.11 Å². The number of nitrogens with two attached hydrogens (primary N) is 2. The first-order chi connectivity index (χ1) is 13.5. The van der Waals surface area contributed by atoms with E-state index in [9.17, 15) is 4.79 Å². The Hall–Kier alpha value is -3.33. The van der Waals surface area contributed by atoms with Gasteiger partial charge in [-0.3, -0.25) is 4.79 Å². The van der Waals surface area contributed by atoms with E-state index in [2.05, 4.69) is 20.3 Å². The van der Waals surface area contributed by atoms with E-state index < -0.39 is 5.25 Å². The van der Waals surface area contributed by atoms with Crippen molar-refractivity contribution in [1.82, 2.24) is 15.0 Å². The van der Waals surface area contributed by atoms with Gasteiger partial charge in [-0.1, -0.05) is 48.2 Å². The van der Waals surface area contributed by atoms with Crippen LogP contribution in [0.2, 0.25) is 0 Å². The number of rotatable bonds is 6. The number of ether oxygens (including phenoxy) is 1. The number of nitrogens with zero attached hydrogens (tertiary/aromatic N) is 3. The molecule has 28 heavy (non-hydrogen) atoms. The fraction of sp³-hybridized carbons (Fsp3) is 0.158. The van der Waals surface area contributed by atoms with E-state index in [0.717, 1.165) is 22.9 Å². The summed E-state index contributed by atoms with van der Waals surface area (Å²) in [5.41, 5.74) is 13.7. The number of benzene rings is 2. The molecule has 0 fully saturated rings. The first-order valence-electron chi connectivity index (χ1n) is 8.40. The van der Waals surface area contributed by atoms with Crippen LogP contribution in [0.1, 0.15) is 16.4 Å². The minimum Gasteiger partial charge on any atom is -0.495 e. The maximum absolute atomic E-state index is 13.1. The van der Waals surface area contributed by atoms with E-state index in [-0.39, 0.29) is 23.0 Å². The summed E-state index contributed by atoms with van der Waals surface area (Å²) in [6.07, 6.45) is 0. The molecule has 5 N–H and O–H groups in total. The number of methoxy groups -OCH3 is 1. The molecule has 0 aliphatic rings. The normalized spacial score (nSPS) is 11.6. The lowest BCUT2D eigenvalue weighted by atomic mass is 10.1. The van der Waals surface area contributed by atoms with Gasteiger partial charge in [-0.05, 0) is 30.2 Å². The summed E-state index contributed by atoms with van der Waals surface area (Å²) >= 11 is 1.14. The van der Waals surface area contributed by atoms with Gasteiger partial charge in [0.1, 0.15) is 11.0 Å². The Morgan fingerprint density at radius 2 is 1.75 bits per heavy atom. The van der Waals surface area contributed by atoms with E-state index in [1.165, 1.54) is 0 Å². The highest BCUT2D eigenvalue weighted by Gasteiger charge is 2.25. The molecule has 2 aromatic carbocycles. The van der Waals surface area contributed by atoms with Gasteiger partial charge in [-0.25, -0.2) is 0 Å². The van der Waals surface area contributed by atoms with Gasteiger partial charge in [0.05, 0.1) is 12.8 Å². The highest BCUT2D eigenvalue weighted by Crippen LogP contribution is 2.36. The molecule has 144 valence electrons. The standard InChI is InChI=1S/C19H20N6O2S/c1-11-8-9-14(27-2)13(10-11)22-16(26)15(12-6-4-3-5-7-12)28-19-24-17(20)23-18(21)25-19/h3-10,15H,1-2H3,(H,22,26)(H4,20,21,23,24,25). The van der Waals surface area contributed by atoms with Crippen molar-refractivity contribution in [2.45, 2.75) is 17.3 Å². The largest absolute Gasteiger partial charge is 0.495 e. The minimum atomic E-state index is -0.632. The molecule has 0 aliphatic carbocycles. The van der Waals surface area contributed by atoms with E-state index in [4.69, 9.17) is 16.2 Å². The number of aromatic nitrogens is 3. The molecule has 0 saturated carbocycles. The fourth-order valence-corrected chi connectivity index (χ4v) is 3.53. The zero-order valence-corrected chi connectivity index (χ0v) is 16.2. The van der Waals surface area contributed by atoms with Crippen molar-refractivity contribution in [1.29, 1.82) is 0 Å². The van der Waals surface area contributed by atoms with Crippen LogP contribution in [0.15, 0.2) is 53.7 Å². The first kappa shape index (κ1) is 19.4. The number of hydrogen-bond acceptors (Lipinski definition) is 8. The quantitative estimate of drug-likeness (QED) is 0.543. The molecule has 0 aliphatic heterocycles. The van der Waals surface area contributed by atoms with Gasteiger partial charge < -0.3 is 21.5 Å². The molecule has 8 nitrogen and oxygen atoms in total. The monoisotopic (exact) mass is 396 g/mol. The molecule has 1 heterocycles. The van der Waals surface area contributed by atoms with Crippen LogP contribution in [0.25, 0.3) is 0 Å². The number of amides is 1. The number of carbonyl (C=O) groups is 1. The summed E-state index contributed by atoms with van der Waals surface area (Å²) in [7, 11) is 1.56. The third kappa shape index (κ3) is 4.68. The van der Waals surface area contributed by atoms with Crippen LogP contribution >= 0.6 is 11.8 Å². The summed E-state index contributed by atoms with van der Waals surface area (Å²) in [4.78, 5) is 25.0. The van der Waals surface area contributed by atoms with Crippen molar-refractivity contribution in [2.75, 3.05) is 23.9 Å². The van der Waals surface area contributed by atoms with E-state index in [0.29, 0.717) is 11.4 Å². The highest BCUT2D eigenvalue weighted by molar-refractivity contribution is 8.00. The Labute approximate surface area is 166 Å². The summed E-state index contributed by atoms with van der Waals surface area (Å²) in [6.45, 7) is 1.94. The van der Waals surface area contributed by atoms with Gasteiger partial charge in [-0.2, -0.15) is 15.0 Å². The molecule has 3 rings (SSSR count). The highest BCUT2D eigenvalue weighted by atomic mass is 32.2. The van der Waals surface area contributed by atoms with Crippen molar-refractivity contribution in [3.05, 3.63) is 59.7 Å². The zero-order valence-electron chi connectivity index (χ0n) is 15.4. The van der Waals surface area contributed by atoms with Crippen molar-refractivity contribution >= 4 is 35.3 Å². The summed E-state index contributed by atoms with van der Waals surface area (Å²) in [6, 6.07) is 14.9. The lowest BCUT2D eigenvalue weighted by Gasteiger charge is -2.18. The number of nitrogen functional groups attached to an aromatic ring is 2. The molecule has 9 heteroatoms. The van der Waals surface area contributed by atoms with Crippen molar-refractivity contribution in [3.63, 3.8) is 0 Å². The van der Waals surface area contributed by atoms with Crippen molar-refractivity contribution in [2.24, 2.45) is 0 Å². The number of thioether (sulfide) groups is 1. The second kappa shape index (κ2) is 8.57. The molecular formula is C19H20N6O2S. The summed E-state index contributed by atoms with van der Waals surface area (Å²) in [5, 5.41) is 2.57. The van der Waals surface area contributed by atoms with Crippen LogP contribution in [-0.2, 0) is 4.79 Å². The number of anilines is 3. The predicted octanol–water partition coefficient (Wildman–Crippen LogP) is 2.83. The molecule has 1 atom stereocenters. The average molecular weight is 396 g/mol. The van der Waals surface area contributed by atoms with Gasteiger partial charge in [0.15, 0.2) is 5.16 Å². The second-order valence-electron chi connectivity index (χ2n) is 5.94. The fourth-order valence-electron chi connectivity index (χ4n) is 2.57. The molecule has 0 bridgehead atoms. The van der Waals surface area contributed by atoms with Crippen LogP contribution < -0.4 is 21.5 Å². The Morgan fingerprint density at radius 3 is 2.39 bits per heavy atom. The van der Waals surface area contributed by atoms with E-state index >= 15 is 0 Å². The molecule has 0 radical (unpaired) electrons. The number of hydrogen-bond donors (Lipinski definition) is 3. The Kier molecular flexibility index (Phi) is 5.95. The minimum absolute atomic E-state index is 0.00238. The maximum atomic E-state index is 13.1. The Balaban J connectivity index is 1.93. The molecule has 0 spiro atoms. The van der Waals surface area contributed by atoms with Gasteiger partial charge in [0.25, 0.3) is 0 Å². The zero-order chi connectivity index (χ0) is 20.1.